The minimum atomic E-state index is -3.78. The van der Waals surface area contributed by atoms with Crippen molar-refractivity contribution in [2.24, 2.45) is 0 Å². The molecule has 2 rings (SSSR count). The molecule has 0 radical (unpaired) electrons. The number of carbonyl (C=O) groups excluding carboxylic acids is 1. The van der Waals surface area contributed by atoms with Crippen LogP contribution in [0.15, 0.2) is 53.4 Å². The van der Waals surface area contributed by atoms with Gasteiger partial charge in [-0.05, 0) is 36.4 Å². The number of hydrogen-bond donors (Lipinski definition) is 1. The molecule has 0 unspecified atom stereocenters. The molecule has 0 aliphatic heterocycles. The molecule has 0 aromatic heterocycles. The third kappa shape index (κ3) is 4.95. The molecule has 23 heavy (non-hydrogen) atoms. The second kappa shape index (κ2) is 7.45. The van der Waals surface area contributed by atoms with Gasteiger partial charge in [0.1, 0.15) is 11.5 Å². The molecule has 6 nitrogen and oxygen atoms in total. The van der Waals surface area contributed by atoms with Crippen molar-refractivity contribution in [1.82, 2.24) is 4.72 Å². The fourth-order valence-corrected chi connectivity index (χ4v) is 2.92. The lowest BCUT2D eigenvalue weighted by Crippen LogP contribution is -2.31. The molecule has 0 heterocycles. The van der Waals surface area contributed by atoms with Gasteiger partial charge in [-0.15, -0.1) is 0 Å². The van der Waals surface area contributed by atoms with E-state index in [0.29, 0.717) is 16.5 Å². The third-order valence-electron chi connectivity index (χ3n) is 2.82. The number of hydrogen-bond acceptors (Lipinski definition) is 5. The van der Waals surface area contributed by atoms with Gasteiger partial charge < -0.3 is 14.6 Å². The number of carboxylic acid groups (broad SMARTS) is 1. The molecule has 0 fully saturated rings. The lowest BCUT2D eigenvalue weighted by atomic mass is 10.3. The molecule has 0 saturated carbocycles. The minimum absolute atomic E-state index is 0.00218. The van der Waals surface area contributed by atoms with Crippen molar-refractivity contribution in [3.05, 3.63) is 53.6 Å². The zero-order valence-electron chi connectivity index (χ0n) is 11.9. The van der Waals surface area contributed by atoms with E-state index in [2.05, 4.69) is 4.72 Å². The van der Waals surface area contributed by atoms with Crippen LogP contribution in [0, 0.1) is 0 Å². The van der Waals surface area contributed by atoms with Gasteiger partial charge in [-0.25, -0.2) is 13.1 Å². The maximum Gasteiger partial charge on any atom is 0.240 e. The van der Waals surface area contributed by atoms with E-state index >= 15 is 0 Å². The number of ether oxygens (including phenoxy) is 1. The molecule has 0 saturated heterocycles. The van der Waals surface area contributed by atoms with Gasteiger partial charge >= 0.3 is 0 Å². The number of halogens is 1. The van der Waals surface area contributed by atoms with E-state index in [1.54, 1.807) is 24.3 Å². The minimum Gasteiger partial charge on any atom is -0.550 e. The summed E-state index contributed by atoms with van der Waals surface area (Å²) in [7, 11) is -3.78. The summed E-state index contributed by atoms with van der Waals surface area (Å²) in [6.07, 6.45) is -0.396. The smallest absolute Gasteiger partial charge is 0.240 e. The van der Waals surface area contributed by atoms with E-state index < -0.39 is 22.4 Å². The summed E-state index contributed by atoms with van der Waals surface area (Å²) < 4.78 is 31.6. The predicted molar refractivity (Wildman–Crippen MR) is 82.8 cm³/mol. The molecule has 0 atom stereocenters. The van der Waals surface area contributed by atoms with Crippen molar-refractivity contribution in [1.29, 1.82) is 0 Å². The van der Waals surface area contributed by atoms with Gasteiger partial charge in [-0.2, -0.15) is 0 Å². The number of nitrogens with one attached hydrogen (secondary N) is 1. The van der Waals surface area contributed by atoms with Crippen molar-refractivity contribution >= 4 is 27.6 Å². The van der Waals surface area contributed by atoms with E-state index in [9.17, 15) is 18.3 Å². The highest BCUT2D eigenvalue weighted by molar-refractivity contribution is 7.89. The molecule has 0 bridgehead atoms. The number of rotatable bonds is 7. The van der Waals surface area contributed by atoms with Crippen LogP contribution in [0.2, 0.25) is 5.02 Å². The summed E-state index contributed by atoms with van der Waals surface area (Å²) >= 11 is 5.98. The predicted octanol–water partition coefficient (Wildman–Crippen LogP) is 1.55. The summed E-state index contributed by atoms with van der Waals surface area (Å²) in [6, 6.07) is 12.6. The zero-order chi connectivity index (χ0) is 16.9. The van der Waals surface area contributed by atoms with Crippen LogP contribution in [-0.4, -0.2) is 20.9 Å². The largest absolute Gasteiger partial charge is 0.550 e. The number of carbonyl (C=O) groups is 1. The molecule has 2 aromatic rings. The van der Waals surface area contributed by atoms with E-state index in [4.69, 9.17) is 16.3 Å². The molecule has 0 spiro atoms. The highest BCUT2D eigenvalue weighted by Gasteiger charge is 2.13. The van der Waals surface area contributed by atoms with Crippen LogP contribution in [0.3, 0.4) is 0 Å². The first kappa shape index (κ1) is 17.3. The number of sulfonamides is 1. The standard InChI is InChI=1S/C15H14ClNO5S/c16-13-3-1-2-4-14(13)22-11-5-7-12(8-6-11)23(20,21)17-10-9-15(18)19/h1-8,17H,9-10H2,(H,18,19)/p-1. The van der Waals surface area contributed by atoms with Crippen molar-refractivity contribution in [3.63, 3.8) is 0 Å². The van der Waals surface area contributed by atoms with Gasteiger partial charge in [0, 0.05) is 18.9 Å². The molecule has 8 heteroatoms. The monoisotopic (exact) mass is 354 g/mol. The summed E-state index contributed by atoms with van der Waals surface area (Å²) in [6.45, 7) is -0.234. The van der Waals surface area contributed by atoms with Crippen LogP contribution < -0.4 is 14.6 Å². The Morgan fingerprint density at radius 2 is 1.78 bits per heavy atom. The Balaban J connectivity index is 2.07. The molecule has 122 valence electrons. The van der Waals surface area contributed by atoms with Crippen LogP contribution >= 0.6 is 11.6 Å². The molecule has 2 aromatic carbocycles. The summed E-state index contributed by atoms with van der Waals surface area (Å²) in [5, 5.41) is 10.7. The van der Waals surface area contributed by atoms with Gasteiger partial charge in [0.25, 0.3) is 0 Å². The first-order valence-corrected chi connectivity index (χ1v) is 8.46. The van der Waals surface area contributed by atoms with Crippen molar-refractivity contribution in [3.8, 4) is 11.5 Å². The lowest BCUT2D eigenvalue weighted by molar-refractivity contribution is -0.305. The molecule has 0 aliphatic rings. The average Bonchev–Trinajstić information content (AvgIpc) is 2.49. The number of aliphatic carboxylic acids is 1. The van der Waals surface area contributed by atoms with Crippen molar-refractivity contribution in [2.75, 3.05) is 6.54 Å². The van der Waals surface area contributed by atoms with Gasteiger partial charge in [0.15, 0.2) is 0 Å². The average molecular weight is 355 g/mol. The van der Waals surface area contributed by atoms with Crippen LogP contribution in [0.4, 0.5) is 0 Å². The van der Waals surface area contributed by atoms with Crippen LogP contribution in [0.5, 0.6) is 11.5 Å². The highest BCUT2D eigenvalue weighted by Crippen LogP contribution is 2.29. The third-order valence-corrected chi connectivity index (χ3v) is 4.61. The Kier molecular flexibility index (Phi) is 5.59. The Labute approximate surface area is 138 Å². The Bertz CT molecular complexity index is 790. The normalized spacial score (nSPS) is 11.2. The van der Waals surface area contributed by atoms with Gasteiger partial charge in [0.2, 0.25) is 10.0 Å². The summed E-state index contributed by atoms with van der Waals surface area (Å²) in [4.78, 5) is 10.3. The molecular formula is C15H13ClNO5S-. The van der Waals surface area contributed by atoms with Crippen molar-refractivity contribution in [2.45, 2.75) is 11.3 Å². The van der Waals surface area contributed by atoms with Gasteiger partial charge in [-0.3, -0.25) is 0 Å². The van der Waals surface area contributed by atoms with E-state index in [1.807, 2.05) is 0 Å². The van der Waals surface area contributed by atoms with Crippen LogP contribution in [-0.2, 0) is 14.8 Å². The topological polar surface area (TPSA) is 95.5 Å². The number of benzene rings is 2. The van der Waals surface area contributed by atoms with Gasteiger partial charge in [-0.1, -0.05) is 23.7 Å². The Morgan fingerprint density at radius 3 is 2.39 bits per heavy atom. The fraction of sp³-hybridized carbons (Fsp3) is 0.133. The first-order chi connectivity index (χ1) is 10.9. The second-order valence-corrected chi connectivity index (χ2v) is 6.70. The maximum absolute atomic E-state index is 12.0. The Hall–Kier alpha value is -2.09. The number of carboxylic acids is 1. The SMILES string of the molecule is O=C([O-])CCNS(=O)(=O)c1ccc(Oc2ccccc2Cl)cc1. The first-order valence-electron chi connectivity index (χ1n) is 6.60. The molecule has 0 aliphatic carbocycles. The van der Waals surface area contributed by atoms with E-state index in [-0.39, 0.29) is 11.4 Å². The van der Waals surface area contributed by atoms with E-state index in [0.717, 1.165) is 0 Å². The maximum atomic E-state index is 12.0. The highest BCUT2D eigenvalue weighted by atomic mass is 35.5. The number of para-hydroxylation sites is 1. The van der Waals surface area contributed by atoms with Crippen LogP contribution in [0.25, 0.3) is 0 Å². The summed E-state index contributed by atoms with van der Waals surface area (Å²) in [5.74, 6) is -0.445. The van der Waals surface area contributed by atoms with E-state index in [1.165, 1.54) is 24.3 Å². The second-order valence-electron chi connectivity index (χ2n) is 4.52. The van der Waals surface area contributed by atoms with Crippen LogP contribution in [0.1, 0.15) is 6.42 Å². The Morgan fingerprint density at radius 1 is 1.13 bits per heavy atom. The fourth-order valence-electron chi connectivity index (χ4n) is 1.71. The summed E-state index contributed by atoms with van der Waals surface area (Å²) in [5.41, 5.74) is 0. The lowest BCUT2D eigenvalue weighted by Gasteiger charge is -2.09. The molecule has 1 N–H and O–H groups in total. The molecular weight excluding hydrogens is 342 g/mol. The quantitative estimate of drug-likeness (QED) is 0.813. The molecule has 0 amide bonds. The zero-order valence-corrected chi connectivity index (χ0v) is 13.4. The van der Waals surface area contributed by atoms with Gasteiger partial charge in [0.05, 0.1) is 9.92 Å². The van der Waals surface area contributed by atoms with Crippen molar-refractivity contribution < 1.29 is 23.1 Å².